The topological polar surface area (TPSA) is 35.9 Å². The summed E-state index contributed by atoms with van der Waals surface area (Å²) in [6, 6.07) is 41.9. The minimum Gasteiger partial charge on any atom is -0.510 e. The molecule has 304 valence electrons. The van der Waals surface area contributed by atoms with Crippen LogP contribution in [0.25, 0.3) is 50.1 Å². The maximum atomic E-state index is 6.57. The summed E-state index contributed by atoms with van der Waals surface area (Å²) in [5.74, 6) is 2.82. The molecule has 5 nitrogen and oxygen atoms in total. The summed E-state index contributed by atoms with van der Waals surface area (Å²) in [5.41, 5.74) is 12.9. The second-order valence-electron chi connectivity index (χ2n) is 18.3. The molecule has 59 heavy (non-hydrogen) atoms. The van der Waals surface area contributed by atoms with Gasteiger partial charge in [0.2, 0.25) is 0 Å². The SMILES string of the molecule is Cc1cc(C(C)(C)C)ccc1-[n+]1[c-]n(-c2[c-]c(Oc3[c-]c4c(cc3)c3ccc(-c5c(C(C)C)cccc5C(C)C)cc3n4-c3cc(C(C)(C)C)ccn3)ccc2)cc1.[Pt]. The average Bonchev–Trinajstić information content (AvgIpc) is 3.80. The zero-order chi connectivity index (χ0) is 41.1. The van der Waals surface area contributed by atoms with Gasteiger partial charge in [-0.05, 0) is 104 Å². The molecule has 0 saturated carbocycles. The predicted octanol–water partition coefficient (Wildman–Crippen LogP) is 13.3. The second kappa shape index (κ2) is 16.1. The number of hydrogen-bond acceptors (Lipinski definition) is 2. The summed E-state index contributed by atoms with van der Waals surface area (Å²) in [6.07, 6.45) is 9.43. The molecule has 6 heteroatoms. The Balaban J connectivity index is 0.00000528. The van der Waals surface area contributed by atoms with Crippen LogP contribution in [-0.4, -0.2) is 14.1 Å². The fraction of sp³-hybridized carbons (Fsp3) is 0.283. The smallest absolute Gasteiger partial charge is 0.267 e. The molecule has 0 saturated heterocycles. The fourth-order valence-corrected chi connectivity index (χ4v) is 8.00. The van der Waals surface area contributed by atoms with E-state index in [2.05, 4.69) is 172 Å². The first-order valence-corrected chi connectivity index (χ1v) is 20.5. The largest absolute Gasteiger partial charge is 0.510 e. The van der Waals surface area contributed by atoms with Crippen LogP contribution in [0.5, 0.6) is 11.5 Å². The van der Waals surface area contributed by atoms with Gasteiger partial charge in [0, 0.05) is 56.7 Å². The molecule has 3 heterocycles. The average molecular weight is 958 g/mol. The molecule has 0 spiro atoms. The van der Waals surface area contributed by atoms with Crippen molar-refractivity contribution >= 4 is 21.8 Å². The Morgan fingerprint density at radius 3 is 2.03 bits per heavy atom. The van der Waals surface area contributed by atoms with Gasteiger partial charge in [0.25, 0.3) is 6.33 Å². The number of rotatable bonds is 8. The van der Waals surface area contributed by atoms with Crippen molar-refractivity contribution in [2.45, 2.75) is 98.8 Å². The molecule has 0 unspecified atom stereocenters. The van der Waals surface area contributed by atoms with Crippen molar-refractivity contribution in [1.29, 1.82) is 0 Å². The summed E-state index contributed by atoms with van der Waals surface area (Å²) in [6.45, 7) is 24.7. The van der Waals surface area contributed by atoms with Crippen LogP contribution < -0.4 is 9.30 Å². The van der Waals surface area contributed by atoms with Crippen LogP contribution in [-0.2, 0) is 31.9 Å². The van der Waals surface area contributed by atoms with Gasteiger partial charge in [-0.1, -0.05) is 117 Å². The molecule has 5 aromatic carbocycles. The van der Waals surface area contributed by atoms with Crippen molar-refractivity contribution in [3.63, 3.8) is 0 Å². The van der Waals surface area contributed by atoms with Gasteiger partial charge in [-0.25, -0.2) is 4.98 Å². The molecule has 0 bridgehead atoms. The van der Waals surface area contributed by atoms with Gasteiger partial charge in [0.15, 0.2) is 0 Å². The summed E-state index contributed by atoms with van der Waals surface area (Å²) in [7, 11) is 0. The van der Waals surface area contributed by atoms with Crippen LogP contribution in [0.3, 0.4) is 0 Å². The van der Waals surface area contributed by atoms with Crippen LogP contribution in [0.4, 0.5) is 0 Å². The molecule has 0 aliphatic heterocycles. The molecule has 0 amide bonds. The van der Waals surface area contributed by atoms with E-state index in [-0.39, 0.29) is 31.9 Å². The predicted molar refractivity (Wildman–Crippen MR) is 238 cm³/mol. The molecule has 8 aromatic rings. The second-order valence-corrected chi connectivity index (χ2v) is 18.3. The van der Waals surface area contributed by atoms with Crippen molar-refractivity contribution in [2.24, 2.45) is 0 Å². The fourth-order valence-electron chi connectivity index (χ4n) is 8.00. The molecular weight excluding hydrogens is 904 g/mol. The molecule has 0 fully saturated rings. The van der Waals surface area contributed by atoms with Crippen molar-refractivity contribution in [2.75, 3.05) is 0 Å². The first-order valence-electron chi connectivity index (χ1n) is 20.5. The van der Waals surface area contributed by atoms with Gasteiger partial charge < -0.3 is 13.9 Å². The van der Waals surface area contributed by atoms with Gasteiger partial charge in [-0.3, -0.25) is 4.57 Å². The van der Waals surface area contributed by atoms with E-state index in [1.807, 2.05) is 52.0 Å². The monoisotopic (exact) mass is 957 g/mol. The van der Waals surface area contributed by atoms with Gasteiger partial charge in [-0.15, -0.1) is 29.7 Å². The van der Waals surface area contributed by atoms with Crippen LogP contribution in [0.15, 0.2) is 116 Å². The van der Waals surface area contributed by atoms with E-state index in [1.165, 1.54) is 38.9 Å². The van der Waals surface area contributed by atoms with E-state index in [0.29, 0.717) is 23.3 Å². The molecule has 0 N–H and O–H groups in total. The van der Waals surface area contributed by atoms with E-state index in [4.69, 9.17) is 9.72 Å². The summed E-state index contributed by atoms with van der Waals surface area (Å²) in [4.78, 5) is 4.98. The first-order chi connectivity index (χ1) is 27.6. The van der Waals surface area contributed by atoms with Crippen LogP contribution in [0.1, 0.15) is 109 Å². The molecule has 0 aliphatic rings. The molecule has 0 radical (unpaired) electrons. The van der Waals surface area contributed by atoms with Gasteiger partial charge in [0.05, 0.1) is 5.69 Å². The van der Waals surface area contributed by atoms with Crippen LogP contribution >= 0.6 is 0 Å². The van der Waals surface area contributed by atoms with Crippen LogP contribution in [0.2, 0.25) is 0 Å². The minimum atomic E-state index is -0.0467. The Morgan fingerprint density at radius 2 is 1.36 bits per heavy atom. The first kappa shape index (κ1) is 41.9. The third-order valence-electron chi connectivity index (χ3n) is 11.3. The molecular formula is C53H54N4OPt-2. The van der Waals surface area contributed by atoms with Gasteiger partial charge >= 0.3 is 0 Å². The summed E-state index contributed by atoms with van der Waals surface area (Å²) >= 11 is 0. The number of aromatic nitrogens is 4. The van der Waals surface area contributed by atoms with Gasteiger partial charge in [0.1, 0.15) is 5.82 Å². The molecule has 8 rings (SSSR count). The molecule has 3 aromatic heterocycles. The summed E-state index contributed by atoms with van der Waals surface area (Å²) in [5, 5.41) is 2.24. The quantitative estimate of drug-likeness (QED) is 0.112. The Bertz CT molecular complexity index is 2780. The maximum absolute atomic E-state index is 6.57. The van der Waals surface area contributed by atoms with E-state index >= 15 is 0 Å². The van der Waals surface area contributed by atoms with E-state index in [0.717, 1.165) is 39.0 Å². The zero-order valence-corrected chi connectivity index (χ0v) is 38.4. The number of imidazole rings is 1. The normalized spacial score (nSPS) is 12.2. The number of benzene rings is 5. The maximum Gasteiger partial charge on any atom is 0.267 e. The van der Waals surface area contributed by atoms with Crippen molar-refractivity contribution in [1.82, 2.24) is 14.1 Å². The number of nitrogens with zero attached hydrogens (tertiary/aromatic N) is 4. The third-order valence-corrected chi connectivity index (χ3v) is 11.3. The van der Waals surface area contributed by atoms with E-state index < -0.39 is 0 Å². The molecule has 0 atom stereocenters. The number of aryl methyl sites for hydroxylation is 1. The Labute approximate surface area is 365 Å². The zero-order valence-electron chi connectivity index (χ0n) is 36.1. The van der Waals surface area contributed by atoms with E-state index in [1.54, 1.807) is 0 Å². The van der Waals surface area contributed by atoms with Crippen molar-refractivity contribution < 1.29 is 30.4 Å². The van der Waals surface area contributed by atoms with E-state index in [9.17, 15) is 0 Å². The Hall–Kier alpha value is -5.25. The minimum absolute atomic E-state index is 0. The Morgan fingerprint density at radius 1 is 0.695 bits per heavy atom. The third kappa shape index (κ3) is 8.20. The number of fused-ring (bicyclic) bond motifs is 3. The van der Waals surface area contributed by atoms with Crippen molar-refractivity contribution in [3.05, 3.63) is 162 Å². The van der Waals surface area contributed by atoms with Crippen LogP contribution in [0, 0.1) is 25.4 Å². The summed E-state index contributed by atoms with van der Waals surface area (Å²) < 4.78 is 12.8. The Kier molecular flexibility index (Phi) is 11.4. The number of pyridine rings is 1. The standard InChI is InChI=1S/C53H54N4O.Pt/c1-34(2)43-16-13-17-44(35(3)4)51(43)37-18-21-45-46-22-20-42(32-49(46)57(48(45)29-37)50-30-39(24-25-54-50)53(9,10)11)58-41-15-12-14-40(31-41)55-26-27-56(33-55)47-23-19-38(28-36(47)5)52(6,7)8;/h12-30,34-35H,1-11H3;/q-2;. The van der Waals surface area contributed by atoms with Crippen molar-refractivity contribution in [3.8, 4) is 39.8 Å². The molecule has 0 aliphatic carbocycles. The number of hydrogen-bond donors (Lipinski definition) is 0. The van der Waals surface area contributed by atoms with Gasteiger partial charge in [-0.2, -0.15) is 18.2 Å². The number of ether oxygens (including phenoxy) is 1.